The number of nitrogens with zero attached hydrogens (tertiary/aromatic N) is 1. The van der Waals surface area contributed by atoms with Gasteiger partial charge in [0.2, 0.25) is 11.8 Å². The fourth-order valence-corrected chi connectivity index (χ4v) is 1.91. The molecule has 0 aliphatic rings. The van der Waals surface area contributed by atoms with Crippen LogP contribution in [-0.2, 0) is 4.79 Å². The van der Waals surface area contributed by atoms with Crippen LogP contribution in [-0.4, -0.2) is 25.4 Å². The van der Waals surface area contributed by atoms with Gasteiger partial charge in [-0.2, -0.15) is 0 Å². The molecule has 108 valence electrons. The molecule has 3 N–H and O–H groups in total. The Labute approximate surface area is 123 Å². The number of carbonyl (C=O) groups excluding carboxylic acids is 2. The number of likely N-dealkylation sites (N-methyl/N-ethyl adjacent to an activating group) is 1. The Balaban J connectivity index is 1.94. The zero-order chi connectivity index (χ0) is 15.2. The fraction of sp³-hybridized carbons (Fsp3) is 0.125. The van der Waals surface area contributed by atoms with Crippen molar-refractivity contribution in [2.24, 2.45) is 5.73 Å². The van der Waals surface area contributed by atoms with Gasteiger partial charge in [-0.05, 0) is 36.4 Å². The molecule has 0 saturated heterocycles. The van der Waals surface area contributed by atoms with Gasteiger partial charge in [0.1, 0.15) is 0 Å². The van der Waals surface area contributed by atoms with Gasteiger partial charge in [0.05, 0.1) is 6.54 Å². The van der Waals surface area contributed by atoms with Crippen LogP contribution in [0.25, 0.3) is 0 Å². The number of primary amides is 1. The van der Waals surface area contributed by atoms with Gasteiger partial charge in [-0.3, -0.25) is 9.59 Å². The lowest BCUT2D eigenvalue weighted by molar-refractivity contribution is -0.114. The van der Waals surface area contributed by atoms with Crippen molar-refractivity contribution in [3.63, 3.8) is 0 Å². The highest BCUT2D eigenvalue weighted by molar-refractivity contribution is 5.96. The van der Waals surface area contributed by atoms with E-state index in [1.807, 2.05) is 42.3 Å². The summed E-state index contributed by atoms with van der Waals surface area (Å²) < 4.78 is 0. The Morgan fingerprint density at radius 1 is 1.05 bits per heavy atom. The standard InChI is InChI=1S/C16H17N3O2/c1-19(14-5-3-2-4-6-14)11-15(20)18-13-9-7-12(8-10-13)16(17)21/h2-10H,11H2,1H3,(H2,17,21)(H,18,20). The molecule has 2 aromatic rings. The highest BCUT2D eigenvalue weighted by Crippen LogP contribution is 2.12. The minimum absolute atomic E-state index is 0.131. The maximum Gasteiger partial charge on any atom is 0.248 e. The second-order valence-corrected chi connectivity index (χ2v) is 4.68. The Hall–Kier alpha value is -2.82. The maximum absolute atomic E-state index is 12.0. The molecule has 0 saturated carbocycles. The van der Waals surface area contributed by atoms with Gasteiger partial charge in [-0.25, -0.2) is 0 Å². The van der Waals surface area contributed by atoms with E-state index in [9.17, 15) is 9.59 Å². The molecule has 5 nitrogen and oxygen atoms in total. The van der Waals surface area contributed by atoms with Crippen molar-refractivity contribution >= 4 is 23.2 Å². The van der Waals surface area contributed by atoms with E-state index in [0.717, 1.165) is 5.69 Å². The van der Waals surface area contributed by atoms with Gasteiger partial charge in [0.25, 0.3) is 0 Å². The minimum Gasteiger partial charge on any atom is -0.366 e. The second-order valence-electron chi connectivity index (χ2n) is 4.68. The minimum atomic E-state index is -0.489. The van der Waals surface area contributed by atoms with Gasteiger partial charge in [0, 0.05) is 24.0 Å². The number of amides is 2. The number of para-hydroxylation sites is 1. The monoisotopic (exact) mass is 283 g/mol. The zero-order valence-corrected chi connectivity index (χ0v) is 11.7. The molecule has 0 aliphatic heterocycles. The van der Waals surface area contributed by atoms with Gasteiger partial charge in [0.15, 0.2) is 0 Å². The summed E-state index contributed by atoms with van der Waals surface area (Å²) in [4.78, 5) is 24.8. The topological polar surface area (TPSA) is 75.4 Å². The van der Waals surface area contributed by atoms with E-state index in [-0.39, 0.29) is 12.5 Å². The molecule has 0 aromatic heterocycles. The number of hydrogen-bond donors (Lipinski definition) is 2. The predicted octanol–water partition coefficient (Wildman–Crippen LogP) is 1.86. The van der Waals surface area contributed by atoms with E-state index in [1.54, 1.807) is 24.3 Å². The van der Waals surface area contributed by atoms with E-state index in [2.05, 4.69) is 5.32 Å². The molecular formula is C16H17N3O2. The molecule has 21 heavy (non-hydrogen) atoms. The Kier molecular flexibility index (Phi) is 4.56. The third-order valence-electron chi connectivity index (χ3n) is 3.03. The van der Waals surface area contributed by atoms with Gasteiger partial charge >= 0.3 is 0 Å². The quantitative estimate of drug-likeness (QED) is 0.879. The Bertz CT molecular complexity index is 624. The molecule has 2 rings (SSSR count). The Morgan fingerprint density at radius 3 is 2.24 bits per heavy atom. The second kappa shape index (κ2) is 6.56. The molecule has 0 fully saturated rings. The number of benzene rings is 2. The van der Waals surface area contributed by atoms with Gasteiger partial charge in [-0.15, -0.1) is 0 Å². The average Bonchev–Trinajstić information content (AvgIpc) is 2.48. The van der Waals surface area contributed by atoms with Crippen molar-refractivity contribution in [3.05, 3.63) is 60.2 Å². The molecule has 5 heteroatoms. The third-order valence-corrected chi connectivity index (χ3v) is 3.03. The van der Waals surface area contributed by atoms with Crippen molar-refractivity contribution in [2.75, 3.05) is 23.8 Å². The number of rotatable bonds is 5. The normalized spacial score (nSPS) is 9.95. The molecule has 2 aromatic carbocycles. The summed E-state index contributed by atoms with van der Waals surface area (Å²) in [6, 6.07) is 16.1. The van der Waals surface area contributed by atoms with Crippen LogP contribution in [0.5, 0.6) is 0 Å². The van der Waals surface area contributed by atoms with E-state index in [4.69, 9.17) is 5.73 Å². The van der Waals surface area contributed by atoms with Gasteiger partial charge < -0.3 is 16.0 Å². The Morgan fingerprint density at radius 2 is 1.67 bits per heavy atom. The molecule has 0 unspecified atom stereocenters. The number of nitrogens with one attached hydrogen (secondary N) is 1. The summed E-state index contributed by atoms with van der Waals surface area (Å²) >= 11 is 0. The van der Waals surface area contributed by atoms with Gasteiger partial charge in [-0.1, -0.05) is 18.2 Å². The average molecular weight is 283 g/mol. The van der Waals surface area contributed by atoms with Crippen molar-refractivity contribution < 1.29 is 9.59 Å². The molecular weight excluding hydrogens is 266 g/mol. The van der Waals surface area contributed by atoms with Crippen LogP contribution in [0.4, 0.5) is 11.4 Å². The number of anilines is 2. The van der Waals surface area contributed by atoms with E-state index in [0.29, 0.717) is 11.3 Å². The first-order valence-corrected chi connectivity index (χ1v) is 6.52. The van der Waals surface area contributed by atoms with Crippen LogP contribution in [0, 0.1) is 0 Å². The van der Waals surface area contributed by atoms with Crippen LogP contribution >= 0.6 is 0 Å². The SMILES string of the molecule is CN(CC(=O)Nc1ccc(C(N)=O)cc1)c1ccccc1. The lowest BCUT2D eigenvalue weighted by Crippen LogP contribution is -2.30. The molecule has 0 spiro atoms. The van der Waals surface area contributed by atoms with E-state index >= 15 is 0 Å². The summed E-state index contributed by atoms with van der Waals surface area (Å²) in [5.41, 5.74) is 7.17. The molecule has 0 atom stereocenters. The molecule has 0 radical (unpaired) electrons. The lowest BCUT2D eigenvalue weighted by atomic mass is 10.2. The molecule has 0 heterocycles. The zero-order valence-electron chi connectivity index (χ0n) is 11.7. The summed E-state index contributed by atoms with van der Waals surface area (Å²) in [5, 5.41) is 2.78. The van der Waals surface area contributed by atoms with Crippen molar-refractivity contribution in [2.45, 2.75) is 0 Å². The summed E-state index contributed by atoms with van der Waals surface area (Å²) in [6.45, 7) is 0.238. The summed E-state index contributed by atoms with van der Waals surface area (Å²) in [5.74, 6) is -0.620. The van der Waals surface area contributed by atoms with Crippen LogP contribution in [0.2, 0.25) is 0 Å². The van der Waals surface area contributed by atoms with Crippen molar-refractivity contribution in [1.82, 2.24) is 0 Å². The third kappa shape index (κ3) is 4.07. The number of hydrogen-bond acceptors (Lipinski definition) is 3. The maximum atomic E-state index is 12.0. The van der Waals surface area contributed by atoms with Crippen molar-refractivity contribution in [1.29, 1.82) is 0 Å². The first-order chi connectivity index (χ1) is 10.1. The van der Waals surface area contributed by atoms with E-state index in [1.165, 1.54) is 0 Å². The van der Waals surface area contributed by atoms with Crippen LogP contribution in [0.3, 0.4) is 0 Å². The first kappa shape index (κ1) is 14.6. The summed E-state index contributed by atoms with van der Waals surface area (Å²) in [7, 11) is 1.85. The molecule has 2 amide bonds. The fourth-order valence-electron chi connectivity index (χ4n) is 1.91. The van der Waals surface area contributed by atoms with Crippen LogP contribution in [0.1, 0.15) is 10.4 Å². The smallest absolute Gasteiger partial charge is 0.248 e. The highest BCUT2D eigenvalue weighted by Gasteiger charge is 2.08. The predicted molar refractivity (Wildman–Crippen MR) is 83.3 cm³/mol. The summed E-state index contributed by atoms with van der Waals surface area (Å²) in [6.07, 6.45) is 0. The van der Waals surface area contributed by atoms with Crippen molar-refractivity contribution in [3.8, 4) is 0 Å². The first-order valence-electron chi connectivity index (χ1n) is 6.52. The van der Waals surface area contributed by atoms with E-state index < -0.39 is 5.91 Å². The highest BCUT2D eigenvalue weighted by atomic mass is 16.2. The molecule has 0 bridgehead atoms. The molecule has 0 aliphatic carbocycles. The lowest BCUT2D eigenvalue weighted by Gasteiger charge is -2.18. The largest absolute Gasteiger partial charge is 0.366 e. The van der Waals surface area contributed by atoms with Crippen LogP contribution < -0.4 is 16.0 Å². The number of carbonyl (C=O) groups is 2. The van der Waals surface area contributed by atoms with Crippen LogP contribution in [0.15, 0.2) is 54.6 Å². The number of nitrogens with two attached hydrogens (primary N) is 1.